The molecule has 1 aromatic carbocycles. The monoisotopic (exact) mass is 336 g/mol. The van der Waals surface area contributed by atoms with E-state index in [1.807, 2.05) is 29.2 Å². The average molecular weight is 337 g/mol. The first-order valence-corrected chi connectivity index (χ1v) is 8.98. The van der Waals surface area contributed by atoms with Gasteiger partial charge < -0.3 is 15.4 Å². The molecule has 23 heavy (non-hydrogen) atoms. The van der Waals surface area contributed by atoms with Crippen molar-refractivity contribution in [1.29, 1.82) is 0 Å². The molecule has 0 radical (unpaired) electrons. The fourth-order valence-electron chi connectivity index (χ4n) is 3.65. The lowest BCUT2D eigenvalue weighted by Gasteiger charge is -2.32. The number of rotatable bonds is 3. The Labute approximate surface area is 142 Å². The highest BCUT2D eigenvalue weighted by atomic mass is 35.5. The number of benzene rings is 1. The zero-order valence-electron chi connectivity index (χ0n) is 13.4. The summed E-state index contributed by atoms with van der Waals surface area (Å²) in [5.74, 6) is 0.128. The van der Waals surface area contributed by atoms with Crippen LogP contribution >= 0.6 is 11.6 Å². The Morgan fingerprint density at radius 2 is 1.96 bits per heavy atom. The number of nitrogens with two attached hydrogens (primary N) is 1. The summed E-state index contributed by atoms with van der Waals surface area (Å²) >= 11 is 6.00. The Morgan fingerprint density at radius 1 is 1.17 bits per heavy atom. The van der Waals surface area contributed by atoms with Crippen LogP contribution in [0.1, 0.15) is 50.1 Å². The third-order valence-corrected chi connectivity index (χ3v) is 5.19. The summed E-state index contributed by atoms with van der Waals surface area (Å²) in [4.78, 5) is 15.0. The van der Waals surface area contributed by atoms with Crippen LogP contribution in [-0.2, 0) is 9.53 Å². The molecule has 1 aromatic rings. The van der Waals surface area contributed by atoms with Crippen molar-refractivity contribution in [1.82, 2.24) is 4.90 Å². The first kappa shape index (κ1) is 16.7. The minimum Gasteiger partial charge on any atom is -0.364 e. The topological polar surface area (TPSA) is 55.6 Å². The number of hydrogen-bond acceptors (Lipinski definition) is 3. The summed E-state index contributed by atoms with van der Waals surface area (Å²) < 4.78 is 5.83. The lowest BCUT2D eigenvalue weighted by molar-refractivity contribution is -0.145. The summed E-state index contributed by atoms with van der Waals surface area (Å²) in [7, 11) is 0. The second kappa shape index (κ2) is 7.65. The van der Waals surface area contributed by atoms with E-state index < -0.39 is 0 Å². The van der Waals surface area contributed by atoms with Crippen molar-refractivity contribution in [3.05, 3.63) is 34.9 Å². The SMILES string of the molecule is NC[C@H]1CC[C@@H](C(=O)N2CCCCCC2c2ccc(Cl)cc2)O1. The molecule has 1 amide bonds. The third-order valence-electron chi connectivity index (χ3n) is 4.94. The van der Waals surface area contributed by atoms with Gasteiger partial charge in [-0.2, -0.15) is 0 Å². The molecule has 0 spiro atoms. The van der Waals surface area contributed by atoms with E-state index in [1.165, 1.54) is 6.42 Å². The second-order valence-electron chi connectivity index (χ2n) is 6.51. The van der Waals surface area contributed by atoms with Crippen molar-refractivity contribution < 1.29 is 9.53 Å². The zero-order chi connectivity index (χ0) is 16.2. The lowest BCUT2D eigenvalue weighted by Crippen LogP contribution is -2.42. The predicted octanol–water partition coefficient (Wildman–Crippen LogP) is 3.29. The van der Waals surface area contributed by atoms with Gasteiger partial charge >= 0.3 is 0 Å². The molecule has 2 fully saturated rings. The maximum absolute atomic E-state index is 13.0. The summed E-state index contributed by atoms with van der Waals surface area (Å²) in [6.45, 7) is 1.30. The Hall–Kier alpha value is -1.10. The Morgan fingerprint density at radius 3 is 2.65 bits per heavy atom. The largest absolute Gasteiger partial charge is 0.364 e. The highest BCUT2D eigenvalue weighted by Gasteiger charge is 2.36. The Balaban J connectivity index is 1.78. The molecule has 2 heterocycles. The van der Waals surface area contributed by atoms with Crippen LogP contribution in [0.3, 0.4) is 0 Å². The molecule has 0 aromatic heterocycles. The van der Waals surface area contributed by atoms with Crippen molar-refractivity contribution >= 4 is 17.5 Å². The van der Waals surface area contributed by atoms with E-state index in [0.29, 0.717) is 6.54 Å². The summed E-state index contributed by atoms with van der Waals surface area (Å²) in [5.41, 5.74) is 6.83. The molecule has 2 saturated heterocycles. The maximum Gasteiger partial charge on any atom is 0.252 e. The fraction of sp³-hybridized carbons (Fsp3) is 0.611. The van der Waals surface area contributed by atoms with E-state index in [1.54, 1.807) is 0 Å². The summed E-state index contributed by atoms with van der Waals surface area (Å²) in [5, 5.41) is 0.727. The number of amides is 1. The van der Waals surface area contributed by atoms with Gasteiger partial charge in [0.05, 0.1) is 12.1 Å². The number of ether oxygens (including phenoxy) is 1. The molecule has 0 bridgehead atoms. The van der Waals surface area contributed by atoms with Crippen LogP contribution < -0.4 is 5.73 Å². The van der Waals surface area contributed by atoms with Crippen LogP contribution in [0.4, 0.5) is 0 Å². The zero-order valence-corrected chi connectivity index (χ0v) is 14.2. The molecule has 126 valence electrons. The van der Waals surface area contributed by atoms with Crippen LogP contribution in [0.25, 0.3) is 0 Å². The molecular formula is C18H25ClN2O2. The normalized spacial score (nSPS) is 28.6. The van der Waals surface area contributed by atoms with Crippen molar-refractivity contribution in [3.8, 4) is 0 Å². The van der Waals surface area contributed by atoms with E-state index >= 15 is 0 Å². The lowest BCUT2D eigenvalue weighted by atomic mass is 10.00. The van der Waals surface area contributed by atoms with Crippen LogP contribution in [0, 0.1) is 0 Å². The minimum atomic E-state index is -0.323. The van der Waals surface area contributed by atoms with Gasteiger partial charge in [0.25, 0.3) is 5.91 Å². The maximum atomic E-state index is 13.0. The quantitative estimate of drug-likeness (QED) is 0.921. The van der Waals surface area contributed by atoms with Crippen molar-refractivity contribution in [2.75, 3.05) is 13.1 Å². The number of hydrogen-bond donors (Lipinski definition) is 1. The number of nitrogens with zero attached hydrogens (tertiary/aromatic N) is 1. The summed E-state index contributed by atoms with van der Waals surface area (Å²) in [6, 6.07) is 8.01. The highest BCUT2D eigenvalue weighted by molar-refractivity contribution is 6.30. The average Bonchev–Trinajstić information content (AvgIpc) is 2.92. The molecule has 2 aliphatic heterocycles. The highest BCUT2D eigenvalue weighted by Crippen LogP contribution is 2.33. The third kappa shape index (κ3) is 3.87. The molecular weight excluding hydrogens is 312 g/mol. The number of carbonyl (C=O) groups excluding carboxylic acids is 1. The van der Waals surface area contributed by atoms with Gasteiger partial charge in [-0.05, 0) is 43.4 Å². The van der Waals surface area contributed by atoms with E-state index in [9.17, 15) is 4.79 Å². The Bertz CT molecular complexity index is 534. The standard InChI is InChI=1S/C18H25ClN2O2/c19-14-7-5-13(6-8-14)16-4-2-1-3-11-21(16)18(22)17-10-9-15(12-20)23-17/h5-8,15-17H,1-4,9-12,20H2/t15-,16?,17+/m1/s1. The van der Waals surface area contributed by atoms with Gasteiger partial charge in [0.1, 0.15) is 6.10 Å². The van der Waals surface area contributed by atoms with E-state index in [-0.39, 0.29) is 24.2 Å². The van der Waals surface area contributed by atoms with Gasteiger partial charge in [-0.25, -0.2) is 0 Å². The van der Waals surface area contributed by atoms with Crippen LogP contribution in [0.2, 0.25) is 5.02 Å². The van der Waals surface area contributed by atoms with Gasteiger partial charge in [-0.3, -0.25) is 4.79 Å². The molecule has 3 rings (SSSR count). The van der Waals surface area contributed by atoms with Gasteiger partial charge in [0.2, 0.25) is 0 Å². The van der Waals surface area contributed by atoms with Crippen molar-refractivity contribution in [3.63, 3.8) is 0 Å². The van der Waals surface area contributed by atoms with Gasteiger partial charge in [-0.1, -0.05) is 36.6 Å². The van der Waals surface area contributed by atoms with Crippen LogP contribution in [0.5, 0.6) is 0 Å². The predicted molar refractivity (Wildman–Crippen MR) is 91.3 cm³/mol. The first-order chi connectivity index (χ1) is 11.2. The van der Waals surface area contributed by atoms with Gasteiger partial charge in [0, 0.05) is 18.1 Å². The first-order valence-electron chi connectivity index (χ1n) is 8.60. The molecule has 4 nitrogen and oxygen atoms in total. The van der Waals surface area contributed by atoms with E-state index in [0.717, 1.165) is 49.2 Å². The van der Waals surface area contributed by atoms with Crippen LogP contribution in [-0.4, -0.2) is 36.1 Å². The minimum absolute atomic E-state index is 0.0323. The number of carbonyl (C=O) groups is 1. The van der Waals surface area contributed by atoms with Crippen LogP contribution in [0.15, 0.2) is 24.3 Å². The second-order valence-corrected chi connectivity index (χ2v) is 6.94. The van der Waals surface area contributed by atoms with Crippen molar-refractivity contribution in [2.24, 2.45) is 5.73 Å². The van der Waals surface area contributed by atoms with E-state index in [4.69, 9.17) is 22.1 Å². The molecule has 5 heteroatoms. The van der Waals surface area contributed by atoms with Gasteiger partial charge in [-0.15, -0.1) is 0 Å². The smallest absolute Gasteiger partial charge is 0.252 e. The number of halogens is 1. The molecule has 1 unspecified atom stereocenters. The van der Waals surface area contributed by atoms with Gasteiger partial charge in [0.15, 0.2) is 0 Å². The number of likely N-dealkylation sites (tertiary alicyclic amines) is 1. The fourth-order valence-corrected chi connectivity index (χ4v) is 3.78. The van der Waals surface area contributed by atoms with E-state index in [2.05, 4.69) is 0 Å². The summed E-state index contributed by atoms with van der Waals surface area (Å²) in [6.07, 6.45) is 5.75. The Kier molecular flexibility index (Phi) is 5.57. The van der Waals surface area contributed by atoms with Crippen molar-refractivity contribution in [2.45, 2.75) is 56.8 Å². The molecule has 3 atom stereocenters. The molecule has 0 aliphatic carbocycles. The molecule has 0 saturated carbocycles. The molecule has 2 N–H and O–H groups in total. The molecule has 2 aliphatic rings.